The second-order valence-corrected chi connectivity index (χ2v) is 5.69. The lowest BCUT2D eigenvalue weighted by Crippen LogP contribution is -2.46. The number of rotatable bonds is 3. The molecular formula is C14H24N4O. The largest absolute Gasteiger partial charge is 0.341 e. The highest BCUT2D eigenvalue weighted by atomic mass is 16.2. The zero-order chi connectivity index (χ0) is 14.0. The Morgan fingerprint density at radius 3 is 2.89 bits per heavy atom. The van der Waals surface area contributed by atoms with Gasteiger partial charge < -0.3 is 10.6 Å². The molecular weight excluding hydrogens is 240 g/mol. The monoisotopic (exact) mass is 264 g/mol. The molecule has 106 valence electrons. The number of piperidine rings is 1. The van der Waals surface area contributed by atoms with Crippen LogP contribution in [0.2, 0.25) is 0 Å². The predicted octanol–water partition coefficient (Wildman–Crippen LogP) is 1.09. The number of nitrogens with zero attached hydrogens (tertiary/aromatic N) is 3. The van der Waals surface area contributed by atoms with Gasteiger partial charge in [0.2, 0.25) is 5.91 Å². The van der Waals surface area contributed by atoms with E-state index in [2.05, 4.69) is 5.10 Å². The van der Waals surface area contributed by atoms with E-state index in [4.69, 9.17) is 5.73 Å². The fourth-order valence-electron chi connectivity index (χ4n) is 2.73. The summed E-state index contributed by atoms with van der Waals surface area (Å²) in [6.45, 7) is 7.93. The Bertz CT molecular complexity index is 452. The van der Waals surface area contributed by atoms with Crippen LogP contribution in [0.15, 0.2) is 6.07 Å². The lowest BCUT2D eigenvalue weighted by Gasteiger charge is -2.34. The third-order valence-corrected chi connectivity index (χ3v) is 3.94. The molecule has 5 heteroatoms. The Morgan fingerprint density at radius 2 is 2.32 bits per heavy atom. The van der Waals surface area contributed by atoms with Crippen molar-refractivity contribution in [1.82, 2.24) is 14.7 Å². The van der Waals surface area contributed by atoms with Crippen molar-refractivity contribution in [1.29, 1.82) is 0 Å². The van der Waals surface area contributed by atoms with Crippen LogP contribution in [0.1, 0.15) is 31.2 Å². The summed E-state index contributed by atoms with van der Waals surface area (Å²) in [7, 11) is 0. The average molecular weight is 264 g/mol. The number of carbonyl (C=O) groups is 1. The molecule has 1 aromatic rings. The molecule has 2 N–H and O–H groups in total. The molecule has 2 unspecified atom stereocenters. The van der Waals surface area contributed by atoms with E-state index in [1.165, 1.54) is 0 Å². The van der Waals surface area contributed by atoms with Crippen LogP contribution in [0.25, 0.3) is 0 Å². The average Bonchev–Trinajstić information content (AvgIpc) is 2.68. The summed E-state index contributed by atoms with van der Waals surface area (Å²) in [6, 6.07) is 2.15. The second kappa shape index (κ2) is 5.74. The molecule has 2 heterocycles. The summed E-state index contributed by atoms with van der Waals surface area (Å²) in [6.07, 6.45) is 2.18. The molecule has 0 aliphatic carbocycles. The molecule has 1 aliphatic rings. The van der Waals surface area contributed by atoms with Crippen LogP contribution < -0.4 is 5.73 Å². The number of nitrogens with two attached hydrogens (primary N) is 1. The van der Waals surface area contributed by atoms with Crippen molar-refractivity contribution < 1.29 is 4.79 Å². The summed E-state index contributed by atoms with van der Waals surface area (Å²) < 4.78 is 1.78. The quantitative estimate of drug-likeness (QED) is 0.888. The molecule has 19 heavy (non-hydrogen) atoms. The SMILES string of the molecule is Cc1cc(C)n(CC(=O)N2CCCC(C(C)N)C2)n1. The fourth-order valence-corrected chi connectivity index (χ4v) is 2.73. The molecule has 1 aromatic heterocycles. The van der Waals surface area contributed by atoms with Gasteiger partial charge in [0.05, 0.1) is 5.69 Å². The zero-order valence-electron chi connectivity index (χ0n) is 12.1. The number of likely N-dealkylation sites (tertiary alicyclic amines) is 1. The topological polar surface area (TPSA) is 64.2 Å². The first-order valence-corrected chi connectivity index (χ1v) is 7.02. The van der Waals surface area contributed by atoms with E-state index < -0.39 is 0 Å². The lowest BCUT2D eigenvalue weighted by atomic mass is 9.92. The van der Waals surface area contributed by atoms with Crippen LogP contribution in [0, 0.1) is 19.8 Å². The third kappa shape index (κ3) is 3.35. The predicted molar refractivity (Wildman–Crippen MR) is 74.7 cm³/mol. The van der Waals surface area contributed by atoms with Crippen molar-refractivity contribution in [2.24, 2.45) is 11.7 Å². The van der Waals surface area contributed by atoms with Gasteiger partial charge in [-0.15, -0.1) is 0 Å². The smallest absolute Gasteiger partial charge is 0.244 e. The van der Waals surface area contributed by atoms with Gasteiger partial charge in [0.1, 0.15) is 6.54 Å². The Morgan fingerprint density at radius 1 is 1.58 bits per heavy atom. The van der Waals surface area contributed by atoms with Crippen molar-refractivity contribution in [3.05, 3.63) is 17.5 Å². The highest BCUT2D eigenvalue weighted by molar-refractivity contribution is 5.76. The highest BCUT2D eigenvalue weighted by Crippen LogP contribution is 2.19. The highest BCUT2D eigenvalue weighted by Gasteiger charge is 2.26. The summed E-state index contributed by atoms with van der Waals surface area (Å²) in [5.41, 5.74) is 7.94. The van der Waals surface area contributed by atoms with Crippen molar-refractivity contribution >= 4 is 5.91 Å². The van der Waals surface area contributed by atoms with Gasteiger partial charge in [0, 0.05) is 24.8 Å². The number of amides is 1. The molecule has 0 aromatic carbocycles. The standard InChI is InChI=1S/C14H24N4O/c1-10-7-11(2)18(16-10)9-14(19)17-6-4-5-13(8-17)12(3)15/h7,12-13H,4-6,8-9,15H2,1-3H3. The van der Waals surface area contributed by atoms with E-state index >= 15 is 0 Å². The Balaban J connectivity index is 1.98. The van der Waals surface area contributed by atoms with Gasteiger partial charge in [-0.05, 0) is 45.6 Å². The first-order valence-electron chi connectivity index (χ1n) is 7.02. The first kappa shape index (κ1) is 14.1. The molecule has 2 rings (SSSR count). The molecule has 1 fully saturated rings. The van der Waals surface area contributed by atoms with Crippen LogP contribution in [-0.2, 0) is 11.3 Å². The molecule has 1 amide bonds. The van der Waals surface area contributed by atoms with E-state index in [0.717, 1.165) is 37.3 Å². The van der Waals surface area contributed by atoms with E-state index in [1.54, 1.807) is 4.68 Å². The van der Waals surface area contributed by atoms with Gasteiger partial charge in [-0.1, -0.05) is 0 Å². The third-order valence-electron chi connectivity index (χ3n) is 3.94. The molecule has 0 spiro atoms. The zero-order valence-corrected chi connectivity index (χ0v) is 12.1. The van der Waals surface area contributed by atoms with Crippen LogP contribution in [-0.4, -0.2) is 39.7 Å². The molecule has 0 bridgehead atoms. The Kier molecular flexibility index (Phi) is 4.24. The molecule has 5 nitrogen and oxygen atoms in total. The van der Waals surface area contributed by atoms with Crippen molar-refractivity contribution in [3.8, 4) is 0 Å². The normalized spacial score (nSPS) is 21.5. The molecule has 2 atom stereocenters. The van der Waals surface area contributed by atoms with E-state index in [1.807, 2.05) is 31.7 Å². The van der Waals surface area contributed by atoms with Gasteiger partial charge in [-0.2, -0.15) is 5.10 Å². The van der Waals surface area contributed by atoms with Crippen LogP contribution in [0.5, 0.6) is 0 Å². The summed E-state index contributed by atoms with van der Waals surface area (Å²) in [4.78, 5) is 14.3. The van der Waals surface area contributed by atoms with Crippen LogP contribution in [0.3, 0.4) is 0 Å². The molecule has 0 saturated carbocycles. The second-order valence-electron chi connectivity index (χ2n) is 5.69. The van der Waals surface area contributed by atoms with Crippen LogP contribution in [0.4, 0.5) is 0 Å². The molecule has 1 aliphatic heterocycles. The van der Waals surface area contributed by atoms with Crippen molar-refractivity contribution in [2.75, 3.05) is 13.1 Å². The van der Waals surface area contributed by atoms with Crippen molar-refractivity contribution in [3.63, 3.8) is 0 Å². The maximum atomic E-state index is 12.3. The minimum Gasteiger partial charge on any atom is -0.341 e. The number of aryl methyl sites for hydroxylation is 2. The van der Waals surface area contributed by atoms with Crippen LogP contribution >= 0.6 is 0 Å². The molecule has 0 radical (unpaired) electrons. The summed E-state index contributed by atoms with van der Waals surface area (Å²) >= 11 is 0. The maximum absolute atomic E-state index is 12.3. The minimum absolute atomic E-state index is 0.150. The number of aromatic nitrogens is 2. The lowest BCUT2D eigenvalue weighted by molar-refractivity contribution is -0.134. The first-order chi connectivity index (χ1) is 8.97. The number of carbonyl (C=O) groups excluding carboxylic acids is 1. The van der Waals surface area contributed by atoms with Gasteiger partial charge >= 0.3 is 0 Å². The van der Waals surface area contributed by atoms with Gasteiger partial charge in [-0.3, -0.25) is 9.48 Å². The van der Waals surface area contributed by atoms with Crippen molar-refractivity contribution in [2.45, 2.75) is 46.2 Å². The summed E-state index contributed by atoms with van der Waals surface area (Å²) in [5, 5.41) is 4.34. The fraction of sp³-hybridized carbons (Fsp3) is 0.714. The van der Waals surface area contributed by atoms with E-state index in [9.17, 15) is 4.79 Å². The van der Waals surface area contributed by atoms with Gasteiger partial charge in [0.25, 0.3) is 0 Å². The summed E-state index contributed by atoms with van der Waals surface area (Å²) in [5.74, 6) is 0.578. The molecule has 1 saturated heterocycles. The van der Waals surface area contributed by atoms with E-state index in [0.29, 0.717) is 12.5 Å². The Hall–Kier alpha value is -1.36. The van der Waals surface area contributed by atoms with Gasteiger partial charge in [0.15, 0.2) is 0 Å². The van der Waals surface area contributed by atoms with E-state index in [-0.39, 0.29) is 11.9 Å². The Labute approximate surface area is 114 Å². The maximum Gasteiger partial charge on any atom is 0.244 e. The van der Waals surface area contributed by atoms with Gasteiger partial charge in [-0.25, -0.2) is 0 Å². The minimum atomic E-state index is 0.150. The number of hydrogen-bond acceptors (Lipinski definition) is 3. The number of hydrogen-bond donors (Lipinski definition) is 1.